The Bertz CT molecular complexity index is 514. The molecule has 0 saturated heterocycles. The van der Waals surface area contributed by atoms with Crippen LogP contribution in [0.25, 0.3) is 10.9 Å². The van der Waals surface area contributed by atoms with Crippen LogP contribution in [0.2, 0.25) is 0 Å². The van der Waals surface area contributed by atoms with Gasteiger partial charge in [0.05, 0.1) is 0 Å². The van der Waals surface area contributed by atoms with Gasteiger partial charge in [-0.1, -0.05) is 11.6 Å². The van der Waals surface area contributed by atoms with E-state index in [1.165, 1.54) is 16.5 Å². The molecule has 3 heteroatoms. The highest BCUT2D eigenvalue weighted by molar-refractivity contribution is 5.84. The summed E-state index contributed by atoms with van der Waals surface area (Å²) in [6.45, 7) is 4.32. The molecule has 2 aromatic rings. The average Bonchev–Trinajstić information content (AvgIpc) is 2.60. The van der Waals surface area contributed by atoms with E-state index in [0.717, 1.165) is 11.9 Å². The number of hydrogen-bond donors (Lipinski definition) is 2. The van der Waals surface area contributed by atoms with Gasteiger partial charge in [-0.25, -0.2) is 0 Å². The SMILES string of the molecule is CC(=O)NCCc1c[nH]c2ccc(C)cc12. The molecule has 0 aliphatic rings. The molecule has 1 heterocycles. The van der Waals surface area contributed by atoms with Crippen LogP contribution in [0, 0.1) is 6.92 Å². The number of H-pyrrole nitrogens is 1. The summed E-state index contributed by atoms with van der Waals surface area (Å²) < 4.78 is 0. The number of nitrogens with one attached hydrogen (secondary N) is 2. The predicted octanol–water partition coefficient (Wildman–Crippen LogP) is 2.15. The van der Waals surface area contributed by atoms with Crippen LogP contribution in [0.15, 0.2) is 24.4 Å². The van der Waals surface area contributed by atoms with E-state index in [-0.39, 0.29) is 5.91 Å². The average molecular weight is 216 g/mol. The second-order valence-electron chi connectivity index (χ2n) is 4.10. The van der Waals surface area contributed by atoms with E-state index in [2.05, 4.69) is 35.4 Å². The van der Waals surface area contributed by atoms with Crippen molar-refractivity contribution < 1.29 is 4.79 Å². The number of carbonyl (C=O) groups excluding carboxylic acids is 1. The zero-order chi connectivity index (χ0) is 11.5. The molecule has 0 atom stereocenters. The Morgan fingerprint density at radius 2 is 2.25 bits per heavy atom. The lowest BCUT2D eigenvalue weighted by molar-refractivity contribution is -0.118. The van der Waals surface area contributed by atoms with Gasteiger partial charge >= 0.3 is 0 Å². The summed E-state index contributed by atoms with van der Waals surface area (Å²) in [6.07, 6.45) is 2.88. The van der Waals surface area contributed by atoms with Crippen LogP contribution < -0.4 is 5.32 Å². The lowest BCUT2D eigenvalue weighted by Gasteiger charge is -2.01. The zero-order valence-electron chi connectivity index (χ0n) is 9.63. The molecule has 0 unspecified atom stereocenters. The Labute approximate surface area is 94.9 Å². The van der Waals surface area contributed by atoms with Crippen molar-refractivity contribution in [1.82, 2.24) is 10.3 Å². The van der Waals surface area contributed by atoms with Crippen molar-refractivity contribution in [2.24, 2.45) is 0 Å². The number of carbonyl (C=O) groups is 1. The maximum absolute atomic E-state index is 10.8. The van der Waals surface area contributed by atoms with Gasteiger partial charge in [-0.15, -0.1) is 0 Å². The quantitative estimate of drug-likeness (QED) is 0.811. The Balaban J connectivity index is 2.17. The third-order valence-corrected chi connectivity index (χ3v) is 2.69. The highest BCUT2D eigenvalue weighted by Gasteiger charge is 2.03. The molecule has 0 bridgehead atoms. The van der Waals surface area contributed by atoms with Crippen molar-refractivity contribution in [2.75, 3.05) is 6.54 Å². The second kappa shape index (κ2) is 4.39. The van der Waals surface area contributed by atoms with E-state index >= 15 is 0 Å². The van der Waals surface area contributed by atoms with E-state index < -0.39 is 0 Å². The van der Waals surface area contributed by atoms with Crippen LogP contribution in [0.5, 0.6) is 0 Å². The molecular weight excluding hydrogens is 200 g/mol. The molecule has 1 amide bonds. The Morgan fingerprint density at radius 1 is 1.44 bits per heavy atom. The second-order valence-corrected chi connectivity index (χ2v) is 4.10. The standard InChI is InChI=1S/C13H16N2O/c1-9-3-4-13-12(7-9)11(8-15-13)5-6-14-10(2)16/h3-4,7-8,15H,5-6H2,1-2H3,(H,14,16). The molecule has 0 radical (unpaired) electrons. The normalized spacial score (nSPS) is 10.6. The summed E-state index contributed by atoms with van der Waals surface area (Å²) in [4.78, 5) is 14.0. The summed E-state index contributed by atoms with van der Waals surface area (Å²) in [5.74, 6) is 0.0241. The van der Waals surface area contributed by atoms with E-state index in [0.29, 0.717) is 6.54 Å². The first-order valence-corrected chi connectivity index (χ1v) is 5.48. The molecular formula is C13H16N2O. The molecule has 0 aliphatic carbocycles. The minimum atomic E-state index is 0.0241. The van der Waals surface area contributed by atoms with E-state index in [1.807, 2.05) is 6.20 Å². The molecule has 16 heavy (non-hydrogen) atoms. The van der Waals surface area contributed by atoms with Crippen molar-refractivity contribution in [3.05, 3.63) is 35.5 Å². The van der Waals surface area contributed by atoms with Crippen molar-refractivity contribution in [2.45, 2.75) is 20.3 Å². The molecule has 2 N–H and O–H groups in total. The summed E-state index contributed by atoms with van der Waals surface area (Å²) in [6, 6.07) is 6.36. The van der Waals surface area contributed by atoms with Crippen molar-refractivity contribution >= 4 is 16.8 Å². The lowest BCUT2D eigenvalue weighted by atomic mass is 10.1. The van der Waals surface area contributed by atoms with Crippen LogP contribution in [-0.4, -0.2) is 17.4 Å². The van der Waals surface area contributed by atoms with Crippen molar-refractivity contribution in [3.63, 3.8) is 0 Å². The van der Waals surface area contributed by atoms with Gasteiger partial charge in [-0.3, -0.25) is 4.79 Å². The van der Waals surface area contributed by atoms with Crippen LogP contribution in [0.1, 0.15) is 18.1 Å². The van der Waals surface area contributed by atoms with Crippen LogP contribution in [-0.2, 0) is 11.2 Å². The topological polar surface area (TPSA) is 44.9 Å². The molecule has 0 spiro atoms. The van der Waals surface area contributed by atoms with Gasteiger partial charge in [-0.05, 0) is 31.0 Å². The number of benzene rings is 1. The van der Waals surface area contributed by atoms with E-state index in [9.17, 15) is 4.79 Å². The molecule has 0 fully saturated rings. The molecule has 1 aromatic heterocycles. The summed E-state index contributed by atoms with van der Waals surface area (Å²) >= 11 is 0. The first-order chi connectivity index (χ1) is 7.66. The van der Waals surface area contributed by atoms with Crippen LogP contribution in [0.3, 0.4) is 0 Å². The monoisotopic (exact) mass is 216 g/mol. The maximum atomic E-state index is 10.8. The van der Waals surface area contributed by atoms with E-state index in [1.54, 1.807) is 6.92 Å². The van der Waals surface area contributed by atoms with Crippen LogP contribution in [0.4, 0.5) is 0 Å². The fraction of sp³-hybridized carbons (Fsp3) is 0.308. The van der Waals surface area contributed by atoms with Gasteiger partial charge in [0, 0.05) is 30.6 Å². The molecule has 0 aliphatic heterocycles. The predicted molar refractivity (Wildman–Crippen MR) is 65.4 cm³/mol. The molecule has 3 nitrogen and oxygen atoms in total. The first-order valence-electron chi connectivity index (χ1n) is 5.48. The number of aryl methyl sites for hydroxylation is 1. The zero-order valence-corrected chi connectivity index (χ0v) is 9.63. The van der Waals surface area contributed by atoms with Gasteiger partial charge in [-0.2, -0.15) is 0 Å². The number of fused-ring (bicyclic) bond motifs is 1. The Hall–Kier alpha value is -1.77. The molecule has 2 rings (SSSR count). The van der Waals surface area contributed by atoms with Gasteiger partial charge < -0.3 is 10.3 Å². The smallest absolute Gasteiger partial charge is 0.216 e. The number of aromatic nitrogens is 1. The number of rotatable bonds is 3. The number of aromatic amines is 1. The minimum Gasteiger partial charge on any atom is -0.361 e. The minimum absolute atomic E-state index is 0.0241. The Kier molecular flexibility index (Phi) is 2.95. The van der Waals surface area contributed by atoms with Gasteiger partial charge in [0.2, 0.25) is 5.91 Å². The van der Waals surface area contributed by atoms with Crippen LogP contribution >= 0.6 is 0 Å². The summed E-state index contributed by atoms with van der Waals surface area (Å²) in [7, 11) is 0. The fourth-order valence-electron chi connectivity index (χ4n) is 1.87. The van der Waals surface area contributed by atoms with Gasteiger partial charge in [0.15, 0.2) is 0 Å². The molecule has 84 valence electrons. The highest BCUT2D eigenvalue weighted by Crippen LogP contribution is 2.19. The highest BCUT2D eigenvalue weighted by atomic mass is 16.1. The maximum Gasteiger partial charge on any atom is 0.216 e. The van der Waals surface area contributed by atoms with Crippen molar-refractivity contribution in [1.29, 1.82) is 0 Å². The lowest BCUT2D eigenvalue weighted by Crippen LogP contribution is -2.22. The number of hydrogen-bond acceptors (Lipinski definition) is 1. The third kappa shape index (κ3) is 2.24. The van der Waals surface area contributed by atoms with E-state index in [4.69, 9.17) is 0 Å². The summed E-state index contributed by atoms with van der Waals surface area (Å²) in [5, 5.41) is 4.07. The number of amides is 1. The first kappa shape index (κ1) is 10.7. The van der Waals surface area contributed by atoms with Gasteiger partial charge in [0.25, 0.3) is 0 Å². The van der Waals surface area contributed by atoms with Gasteiger partial charge in [0.1, 0.15) is 0 Å². The largest absolute Gasteiger partial charge is 0.361 e. The third-order valence-electron chi connectivity index (χ3n) is 2.69. The van der Waals surface area contributed by atoms with Crippen molar-refractivity contribution in [3.8, 4) is 0 Å². The fourth-order valence-corrected chi connectivity index (χ4v) is 1.87. The summed E-state index contributed by atoms with van der Waals surface area (Å²) in [5.41, 5.74) is 3.67. The Morgan fingerprint density at radius 3 is 3.00 bits per heavy atom. The molecule has 0 saturated carbocycles. The molecule has 1 aromatic carbocycles.